The van der Waals surface area contributed by atoms with Crippen molar-refractivity contribution in [3.8, 4) is 0 Å². The third-order valence-electron chi connectivity index (χ3n) is 11.0. The largest absolute Gasteiger partial charge is 0.469 e. The van der Waals surface area contributed by atoms with Crippen LogP contribution in [0.1, 0.15) is 233 Å². The fourth-order valence-electron chi connectivity index (χ4n) is 6.96. The maximum atomic E-state index is 12.5. The molecule has 0 aromatic rings. The molecule has 0 aromatic carbocycles. The smallest absolute Gasteiger partial charge is 0.462 e. The normalized spacial score (nSPS) is 14.2. The number of hydrogen-bond donors (Lipinski definition) is 4. The number of carbonyl (C=O) groups excluding carboxylic acids is 2. The summed E-state index contributed by atoms with van der Waals surface area (Å²) in [6, 6.07) is 0. The Morgan fingerprint density at radius 1 is 0.561 bits per heavy atom. The first-order valence-corrected chi connectivity index (χ1v) is 25.1. The molecule has 0 rings (SSSR count). The van der Waals surface area contributed by atoms with E-state index < -0.39 is 44.7 Å². The Labute approximate surface area is 349 Å². The summed E-state index contributed by atoms with van der Waals surface area (Å²) >= 11 is 0. The fraction of sp³-hybridized carbons (Fsp3) is 0.913. The molecule has 0 heterocycles. The van der Waals surface area contributed by atoms with Crippen molar-refractivity contribution in [1.82, 2.24) is 0 Å². The SMILES string of the molecule is CCCCC/C=C\C[C@@H](O)[C@H](O)CCCCCCCC(=O)OC[C@H](COP(=O)(O)O)OC(=O)CCCCCCCCCCCCCCCCCCCCC(C)CC. The molecular formula is C46H89O10P. The van der Waals surface area contributed by atoms with Crippen molar-refractivity contribution in [2.24, 2.45) is 5.92 Å². The molecule has 0 radical (unpaired) electrons. The summed E-state index contributed by atoms with van der Waals surface area (Å²) in [4.78, 5) is 43.0. The van der Waals surface area contributed by atoms with Crippen LogP contribution in [0.4, 0.5) is 0 Å². The van der Waals surface area contributed by atoms with Crippen LogP contribution in [0.2, 0.25) is 0 Å². The molecular weight excluding hydrogens is 743 g/mol. The lowest BCUT2D eigenvalue weighted by molar-refractivity contribution is -0.161. The Morgan fingerprint density at radius 2 is 1.02 bits per heavy atom. The highest BCUT2D eigenvalue weighted by Gasteiger charge is 2.23. The Morgan fingerprint density at radius 3 is 1.49 bits per heavy atom. The van der Waals surface area contributed by atoms with Gasteiger partial charge in [0.25, 0.3) is 0 Å². The Bertz CT molecular complexity index is 986. The van der Waals surface area contributed by atoms with Gasteiger partial charge in [-0.1, -0.05) is 193 Å². The van der Waals surface area contributed by atoms with Crippen molar-refractivity contribution in [2.75, 3.05) is 13.2 Å². The maximum Gasteiger partial charge on any atom is 0.469 e. The van der Waals surface area contributed by atoms with Gasteiger partial charge >= 0.3 is 19.8 Å². The van der Waals surface area contributed by atoms with Gasteiger partial charge in [0.1, 0.15) is 6.61 Å². The van der Waals surface area contributed by atoms with Crippen molar-refractivity contribution >= 4 is 19.8 Å². The lowest BCUT2D eigenvalue weighted by atomic mass is 9.99. The van der Waals surface area contributed by atoms with E-state index in [-0.39, 0.29) is 19.4 Å². The number of rotatable bonds is 43. The first-order chi connectivity index (χ1) is 27.5. The predicted octanol–water partition coefficient (Wildman–Crippen LogP) is 12.4. The Hall–Kier alpha value is -1.29. The van der Waals surface area contributed by atoms with Crippen LogP contribution in [0.15, 0.2) is 12.2 Å². The molecule has 1 unspecified atom stereocenters. The first-order valence-electron chi connectivity index (χ1n) is 23.5. The molecule has 57 heavy (non-hydrogen) atoms. The number of phosphoric acid groups is 1. The second kappa shape index (κ2) is 40.1. The van der Waals surface area contributed by atoms with Gasteiger partial charge in [-0.25, -0.2) is 4.57 Å². The van der Waals surface area contributed by atoms with E-state index >= 15 is 0 Å². The van der Waals surface area contributed by atoms with E-state index in [1.807, 2.05) is 6.08 Å². The summed E-state index contributed by atoms with van der Waals surface area (Å²) in [6.07, 6.45) is 36.7. The van der Waals surface area contributed by atoms with Crippen molar-refractivity contribution in [2.45, 2.75) is 251 Å². The predicted molar refractivity (Wildman–Crippen MR) is 233 cm³/mol. The molecule has 0 spiro atoms. The van der Waals surface area contributed by atoms with Gasteiger partial charge in [-0.2, -0.15) is 0 Å². The third kappa shape index (κ3) is 41.2. The average Bonchev–Trinajstić information content (AvgIpc) is 3.18. The molecule has 4 N–H and O–H groups in total. The van der Waals surface area contributed by atoms with Gasteiger partial charge in [0.05, 0.1) is 18.8 Å². The minimum absolute atomic E-state index is 0.172. The number of carbonyl (C=O) groups is 2. The van der Waals surface area contributed by atoms with Crippen molar-refractivity contribution in [1.29, 1.82) is 0 Å². The summed E-state index contributed by atoms with van der Waals surface area (Å²) in [6.45, 7) is 5.91. The van der Waals surface area contributed by atoms with Crippen LogP contribution >= 0.6 is 7.82 Å². The molecule has 10 nitrogen and oxygen atoms in total. The zero-order chi connectivity index (χ0) is 42.2. The van der Waals surface area contributed by atoms with Crippen LogP contribution in [0, 0.1) is 5.92 Å². The number of hydrogen-bond acceptors (Lipinski definition) is 8. The zero-order valence-corrected chi connectivity index (χ0v) is 37.8. The third-order valence-corrected chi connectivity index (χ3v) is 11.5. The van der Waals surface area contributed by atoms with Gasteiger partial charge in [0, 0.05) is 12.8 Å². The van der Waals surface area contributed by atoms with Gasteiger partial charge in [0.15, 0.2) is 6.10 Å². The quantitative estimate of drug-likeness (QED) is 0.0201. The molecule has 338 valence electrons. The van der Waals surface area contributed by atoms with Crippen LogP contribution in [-0.4, -0.2) is 63.5 Å². The number of aliphatic hydroxyl groups is 2. The van der Waals surface area contributed by atoms with E-state index in [9.17, 15) is 24.4 Å². The van der Waals surface area contributed by atoms with Crippen LogP contribution in [0.3, 0.4) is 0 Å². The number of allylic oxidation sites excluding steroid dienone is 1. The maximum absolute atomic E-state index is 12.5. The second-order valence-corrected chi connectivity index (χ2v) is 17.9. The number of aliphatic hydroxyl groups excluding tert-OH is 2. The molecule has 11 heteroatoms. The van der Waals surface area contributed by atoms with Crippen LogP contribution < -0.4 is 0 Å². The Balaban J connectivity index is 3.92. The zero-order valence-electron chi connectivity index (χ0n) is 36.9. The van der Waals surface area contributed by atoms with Gasteiger partial charge in [-0.15, -0.1) is 0 Å². The highest BCUT2D eigenvalue weighted by Crippen LogP contribution is 2.36. The van der Waals surface area contributed by atoms with Crippen LogP contribution in [0.5, 0.6) is 0 Å². The lowest BCUT2D eigenvalue weighted by Gasteiger charge is -2.18. The molecule has 0 aliphatic heterocycles. The summed E-state index contributed by atoms with van der Waals surface area (Å²) in [5, 5.41) is 20.4. The fourth-order valence-corrected chi connectivity index (χ4v) is 7.32. The van der Waals surface area contributed by atoms with E-state index in [0.29, 0.717) is 25.7 Å². The molecule has 0 saturated carbocycles. The van der Waals surface area contributed by atoms with Gasteiger partial charge in [-0.3, -0.25) is 14.1 Å². The number of esters is 2. The standard InChI is InChI=1S/C46H89O10P/c1-4-6-7-8-25-30-35-43(47)44(48)36-31-26-23-28-32-37-45(49)54-39-42(40-55-57(51,52)53)56-46(50)38-33-27-22-20-18-16-14-12-10-9-11-13-15-17-19-21-24-29-34-41(3)5-2/h25,30,41-44,47-48H,4-24,26-29,31-40H2,1-3H3,(H2,51,52,53)/b30-25-/t41?,42-,43-,44-/m1/s1. The first kappa shape index (κ1) is 55.7. The molecule has 0 amide bonds. The second-order valence-electron chi connectivity index (χ2n) is 16.6. The summed E-state index contributed by atoms with van der Waals surface area (Å²) in [7, 11) is -4.79. The van der Waals surface area contributed by atoms with Crippen molar-refractivity contribution < 1.29 is 48.2 Å². The highest BCUT2D eigenvalue weighted by atomic mass is 31.2. The monoisotopic (exact) mass is 833 g/mol. The minimum Gasteiger partial charge on any atom is -0.462 e. The van der Waals surface area contributed by atoms with E-state index in [1.165, 1.54) is 116 Å². The number of phosphoric ester groups is 1. The number of ether oxygens (including phenoxy) is 2. The molecule has 0 aliphatic carbocycles. The van der Waals surface area contributed by atoms with Gasteiger partial charge in [0.2, 0.25) is 0 Å². The summed E-state index contributed by atoms with van der Waals surface area (Å²) in [5.74, 6) is -0.0916. The molecule has 4 atom stereocenters. The summed E-state index contributed by atoms with van der Waals surface area (Å²) in [5.41, 5.74) is 0. The van der Waals surface area contributed by atoms with E-state index in [4.69, 9.17) is 19.3 Å². The van der Waals surface area contributed by atoms with Crippen LogP contribution in [-0.2, 0) is 28.2 Å². The van der Waals surface area contributed by atoms with Gasteiger partial charge < -0.3 is 29.5 Å². The lowest BCUT2D eigenvalue weighted by Crippen LogP contribution is -2.29. The molecule has 0 aromatic heterocycles. The highest BCUT2D eigenvalue weighted by molar-refractivity contribution is 7.46. The molecule has 0 bridgehead atoms. The van der Waals surface area contributed by atoms with E-state index in [0.717, 1.165) is 63.7 Å². The van der Waals surface area contributed by atoms with Crippen molar-refractivity contribution in [3.63, 3.8) is 0 Å². The Kier molecular flexibility index (Phi) is 39.2. The topological polar surface area (TPSA) is 160 Å². The molecule has 0 saturated heterocycles. The van der Waals surface area contributed by atoms with Crippen molar-refractivity contribution in [3.05, 3.63) is 12.2 Å². The number of unbranched alkanes of at least 4 members (excludes halogenated alkanes) is 24. The van der Waals surface area contributed by atoms with Gasteiger partial charge in [-0.05, 0) is 44.4 Å². The van der Waals surface area contributed by atoms with Crippen LogP contribution in [0.25, 0.3) is 0 Å². The summed E-state index contributed by atoms with van der Waals surface area (Å²) < 4.78 is 26.4. The minimum atomic E-state index is -4.79. The average molecular weight is 833 g/mol. The molecule has 0 fully saturated rings. The molecule has 0 aliphatic rings. The van der Waals surface area contributed by atoms with E-state index in [2.05, 4.69) is 31.4 Å². The van der Waals surface area contributed by atoms with E-state index in [1.54, 1.807) is 0 Å².